The Balaban J connectivity index is 1.86. The number of benzene rings is 3. The van der Waals surface area contributed by atoms with Gasteiger partial charge in [-0.15, -0.1) is 0 Å². The number of hydrogen-bond acceptors (Lipinski definition) is 3. The normalized spacial score (nSPS) is 11.8. The van der Waals surface area contributed by atoms with Crippen LogP contribution in [0.15, 0.2) is 83.8 Å². The average molecular weight is 477 g/mol. The first-order valence-electron chi connectivity index (χ1n) is 10.2. The van der Waals surface area contributed by atoms with Crippen LogP contribution in [0.1, 0.15) is 23.6 Å². The van der Waals surface area contributed by atoms with E-state index >= 15 is 0 Å². The molecule has 0 aliphatic carbocycles. The number of alkyl halides is 3. The van der Waals surface area contributed by atoms with Crippen LogP contribution in [0.4, 0.5) is 18.9 Å². The maximum atomic E-state index is 13.4. The number of anilines is 1. The standard InChI is InChI=1S/C24H23F3N2O3S/c1-2-19-10-6-7-14-22(19)29(33(31,32)21-12-4-3-5-13-21)17-23(30)28-16-18-9-8-11-20(15-18)24(25,26)27/h3-15H,2,16-17H2,1H3,(H,28,30). The molecule has 0 saturated heterocycles. The third-order valence-electron chi connectivity index (χ3n) is 5.00. The van der Waals surface area contributed by atoms with Crippen molar-refractivity contribution in [3.05, 3.63) is 95.6 Å². The minimum atomic E-state index is -4.50. The zero-order chi connectivity index (χ0) is 24.1. The van der Waals surface area contributed by atoms with Crippen LogP contribution in [-0.2, 0) is 34.0 Å². The van der Waals surface area contributed by atoms with Crippen molar-refractivity contribution >= 4 is 21.6 Å². The minimum Gasteiger partial charge on any atom is -0.350 e. The Morgan fingerprint density at radius 2 is 1.61 bits per heavy atom. The first-order valence-corrected chi connectivity index (χ1v) is 11.7. The lowest BCUT2D eigenvalue weighted by atomic mass is 10.1. The number of halogens is 3. The summed E-state index contributed by atoms with van der Waals surface area (Å²) in [6, 6.07) is 19.2. The van der Waals surface area contributed by atoms with Crippen molar-refractivity contribution in [3.63, 3.8) is 0 Å². The summed E-state index contributed by atoms with van der Waals surface area (Å²) in [5.74, 6) is -0.641. The smallest absolute Gasteiger partial charge is 0.350 e. The molecule has 33 heavy (non-hydrogen) atoms. The molecule has 5 nitrogen and oxygen atoms in total. The molecule has 0 aliphatic heterocycles. The molecule has 0 saturated carbocycles. The highest BCUT2D eigenvalue weighted by Crippen LogP contribution is 2.30. The summed E-state index contributed by atoms with van der Waals surface area (Å²) >= 11 is 0. The summed E-state index contributed by atoms with van der Waals surface area (Å²) in [6.45, 7) is 1.18. The van der Waals surface area contributed by atoms with Gasteiger partial charge in [-0.1, -0.05) is 55.5 Å². The number of aryl methyl sites for hydroxylation is 1. The third kappa shape index (κ3) is 5.92. The largest absolute Gasteiger partial charge is 0.416 e. The Hall–Kier alpha value is -3.33. The van der Waals surface area contributed by atoms with Crippen LogP contribution in [-0.4, -0.2) is 20.9 Å². The second-order valence-corrected chi connectivity index (χ2v) is 9.14. The Labute approximate surface area is 190 Å². The Kier molecular flexibility index (Phi) is 7.43. The molecule has 0 aromatic heterocycles. The lowest BCUT2D eigenvalue weighted by Gasteiger charge is -2.26. The van der Waals surface area contributed by atoms with Gasteiger partial charge in [-0.05, 0) is 47.9 Å². The third-order valence-corrected chi connectivity index (χ3v) is 6.78. The van der Waals surface area contributed by atoms with E-state index < -0.39 is 34.2 Å². The Bertz CT molecular complexity index is 1210. The molecule has 0 aliphatic rings. The first-order chi connectivity index (χ1) is 15.6. The van der Waals surface area contributed by atoms with Crippen molar-refractivity contribution in [3.8, 4) is 0 Å². The summed E-state index contributed by atoms with van der Waals surface area (Å²) in [7, 11) is -4.07. The summed E-state index contributed by atoms with van der Waals surface area (Å²) in [4.78, 5) is 12.7. The molecule has 9 heteroatoms. The van der Waals surface area contributed by atoms with Gasteiger partial charge in [-0.25, -0.2) is 8.42 Å². The molecule has 1 amide bonds. The van der Waals surface area contributed by atoms with Crippen LogP contribution in [0, 0.1) is 0 Å². The molecule has 3 aromatic rings. The molecule has 174 valence electrons. The molecule has 0 heterocycles. The molecular weight excluding hydrogens is 453 g/mol. The number of rotatable bonds is 8. The van der Waals surface area contributed by atoms with Gasteiger partial charge in [0.05, 0.1) is 16.1 Å². The van der Waals surface area contributed by atoms with Crippen molar-refractivity contribution in [2.45, 2.75) is 31.0 Å². The van der Waals surface area contributed by atoms with Crippen LogP contribution in [0.25, 0.3) is 0 Å². The summed E-state index contributed by atoms with van der Waals surface area (Å²) in [5.41, 5.74) is 0.546. The maximum Gasteiger partial charge on any atom is 0.416 e. The van der Waals surface area contributed by atoms with E-state index in [0.29, 0.717) is 12.1 Å². The van der Waals surface area contributed by atoms with E-state index in [4.69, 9.17) is 0 Å². The van der Waals surface area contributed by atoms with Gasteiger partial charge in [0.1, 0.15) is 6.54 Å². The number of para-hydroxylation sites is 1. The second-order valence-electron chi connectivity index (χ2n) is 7.28. The number of nitrogens with zero attached hydrogens (tertiary/aromatic N) is 1. The molecule has 0 bridgehead atoms. The van der Waals surface area contributed by atoms with Gasteiger partial charge in [0, 0.05) is 6.54 Å². The van der Waals surface area contributed by atoms with E-state index in [1.54, 1.807) is 42.5 Å². The van der Waals surface area contributed by atoms with Crippen molar-refractivity contribution in [1.82, 2.24) is 5.32 Å². The summed E-state index contributed by atoms with van der Waals surface area (Å²) < 4.78 is 66.6. The molecular formula is C24H23F3N2O3S. The van der Waals surface area contributed by atoms with Crippen molar-refractivity contribution < 1.29 is 26.4 Å². The van der Waals surface area contributed by atoms with Crippen LogP contribution >= 0.6 is 0 Å². The maximum absolute atomic E-state index is 13.4. The minimum absolute atomic E-state index is 0.0292. The predicted octanol–water partition coefficient (Wildman–Crippen LogP) is 4.78. The van der Waals surface area contributed by atoms with Crippen molar-refractivity contribution in [2.75, 3.05) is 10.8 Å². The predicted molar refractivity (Wildman–Crippen MR) is 120 cm³/mol. The SMILES string of the molecule is CCc1ccccc1N(CC(=O)NCc1cccc(C(F)(F)F)c1)S(=O)(=O)c1ccccc1. The van der Waals surface area contributed by atoms with Gasteiger partial charge in [0.25, 0.3) is 10.0 Å². The highest BCUT2D eigenvalue weighted by molar-refractivity contribution is 7.92. The molecule has 3 aromatic carbocycles. The number of amides is 1. The molecule has 1 N–H and O–H groups in total. The zero-order valence-corrected chi connectivity index (χ0v) is 18.7. The molecule has 0 unspecified atom stereocenters. The fourth-order valence-corrected chi connectivity index (χ4v) is 4.80. The quantitative estimate of drug-likeness (QED) is 0.509. The van der Waals surface area contributed by atoms with Crippen LogP contribution < -0.4 is 9.62 Å². The number of carbonyl (C=O) groups excluding carboxylic acids is 1. The fourth-order valence-electron chi connectivity index (χ4n) is 3.32. The van der Waals surface area contributed by atoms with Gasteiger partial charge in [0.2, 0.25) is 5.91 Å². The van der Waals surface area contributed by atoms with Gasteiger partial charge in [-0.3, -0.25) is 9.10 Å². The Morgan fingerprint density at radius 3 is 2.27 bits per heavy atom. The molecule has 0 spiro atoms. The topological polar surface area (TPSA) is 66.5 Å². The lowest BCUT2D eigenvalue weighted by Crippen LogP contribution is -2.41. The van der Waals surface area contributed by atoms with Crippen LogP contribution in [0.5, 0.6) is 0 Å². The van der Waals surface area contributed by atoms with Crippen molar-refractivity contribution in [1.29, 1.82) is 0 Å². The second kappa shape index (κ2) is 10.1. The van der Waals surface area contributed by atoms with E-state index in [1.165, 1.54) is 24.3 Å². The lowest BCUT2D eigenvalue weighted by molar-refractivity contribution is -0.137. The molecule has 0 radical (unpaired) electrons. The van der Waals surface area contributed by atoms with E-state index in [2.05, 4.69) is 5.32 Å². The van der Waals surface area contributed by atoms with Crippen LogP contribution in [0.2, 0.25) is 0 Å². The van der Waals surface area contributed by atoms with E-state index in [0.717, 1.165) is 22.0 Å². The number of nitrogens with one attached hydrogen (secondary N) is 1. The van der Waals surface area contributed by atoms with Crippen molar-refractivity contribution in [2.24, 2.45) is 0 Å². The first kappa shape index (κ1) is 24.3. The fraction of sp³-hybridized carbons (Fsp3) is 0.208. The Morgan fingerprint density at radius 1 is 0.939 bits per heavy atom. The molecule has 3 rings (SSSR count). The highest BCUT2D eigenvalue weighted by atomic mass is 32.2. The van der Waals surface area contributed by atoms with Gasteiger partial charge in [-0.2, -0.15) is 13.2 Å². The van der Waals surface area contributed by atoms with Gasteiger partial charge >= 0.3 is 6.18 Å². The zero-order valence-electron chi connectivity index (χ0n) is 17.8. The van der Waals surface area contributed by atoms with E-state index in [9.17, 15) is 26.4 Å². The number of carbonyl (C=O) groups is 1. The number of hydrogen-bond donors (Lipinski definition) is 1. The summed E-state index contributed by atoms with van der Waals surface area (Å²) in [5, 5.41) is 2.53. The number of sulfonamides is 1. The molecule has 0 fully saturated rings. The highest BCUT2D eigenvalue weighted by Gasteiger charge is 2.31. The monoisotopic (exact) mass is 476 g/mol. The van der Waals surface area contributed by atoms with E-state index in [-0.39, 0.29) is 17.0 Å². The average Bonchev–Trinajstić information content (AvgIpc) is 2.81. The van der Waals surface area contributed by atoms with Crippen LogP contribution in [0.3, 0.4) is 0 Å². The van der Waals surface area contributed by atoms with Gasteiger partial charge < -0.3 is 5.32 Å². The van der Waals surface area contributed by atoms with E-state index in [1.807, 2.05) is 6.92 Å². The van der Waals surface area contributed by atoms with Gasteiger partial charge in [0.15, 0.2) is 0 Å². The summed E-state index contributed by atoms with van der Waals surface area (Å²) in [6.07, 6.45) is -3.95. The molecule has 0 atom stereocenters.